The van der Waals surface area contributed by atoms with E-state index in [1.165, 1.54) is 5.56 Å². The first-order valence-electron chi connectivity index (χ1n) is 7.34. The number of aryl methyl sites for hydroxylation is 1. The molecule has 0 aliphatic rings. The molecule has 2 rings (SSSR count). The number of hydrogen-bond acceptors (Lipinski definition) is 3. The van der Waals surface area contributed by atoms with Crippen LogP contribution in [0.4, 0.5) is 0 Å². The van der Waals surface area contributed by atoms with Crippen LogP contribution in [0.3, 0.4) is 0 Å². The molecule has 2 N–H and O–H groups in total. The van der Waals surface area contributed by atoms with Crippen LogP contribution in [0.1, 0.15) is 30.5 Å². The van der Waals surface area contributed by atoms with Crippen molar-refractivity contribution in [3.05, 3.63) is 59.7 Å². The molecule has 0 saturated heterocycles. The second-order valence-corrected chi connectivity index (χ2v) is 5.08. The maximum Gasteiger partial charge on any atom is 0.119 e. The minimum atomic E-state index is -0.122. The lowest BCUT2D eigenvalue weighted by Gasteiger charge is -2.14. The van der Waals surface area contributed by atoms with E-state index in [-0.39, 0.29) is 6.04 Å². The van der Waals surface area contributed by atoms with Gasteiger partial charge in [0.15, 0.2) is 0 Å². The van der Waals surface area contributed by atoms with Crippen LogP contribution in [0.15, 0.2) is 48.5 Å². The first kappa shape index (κ1) is 15.4. The SMILES string of the molecule is CCCc1ccc(C(N)COc2ccc(OC)cc2)cc1. The lowest BCUT2D eigenvalue weighted by molar-refractivity contribution is 0.290. The molecule has 0 saturated carbocycles. The van der Waals surface area contributed by atoms with Crippen molar-refractivity contribution >= 4 is 0 Å². The number of rotatable bonds is 7. The van der Waals surface area contributed by atoms with Crippen molar-refractivity contribution in [3.8, 4) is 11.5 Å². The van der Waals surface area contributed by atoms with Crippen LogP contribution < -0.4 is 15.2 Å². The fourth-order valence-electron chi connectivity index (χ4n) is 2.17. The Hall–Kier alpha value is -2.00. The molecule has 0 spiro atoms. The Morgan fingerprint density at radius 3 is 2.14 bits per heavy atom. The largest absolute Gasteiger partial charge is 0.497 e. The summed E-state index contributed by atoms with van der Waals surface area (Å²) in [6, 6.07) is 15.9. The zero-order chi connectivity index (χ0) is 15.1. The zero-order valence-electron chi connectivity index (χ0n) is 12.7. The molecule has 0 aromatic heterocycles. The van der Waals surface area contributed by atoms with Gasteiger partial charge >= 0.3 is 0 Å². The summed E-state index contributed by atoms with van der Waals surface area (Å²) in [4.78, 5) is 0. The summed E-state index contributed by atoms with van der Waals surface area (Å²) in [5.74, 6) is 1.62. The smallest absolute Gasteiger partial charge is 0.119 e. The van der Waals surface area contributed by atoms with Gasteiger partial charge in [-0.25, -0.2) is 0 Å². The van der Waals surface area contributed by atoms with Gasteiger partial charge in [-0.15, -0.1) is 0 Å². The van der Waals surface area contributed by atoms with Gasteiger partial charge in [0.2, 0.25) is 0 Å². The van der Waals surface area contributed by atoms with Crippen LogP contribution in [-0.2, 0) is 6.42 Å². The second kappa shape index (κ2) is 7.70. The third-order valence-electron chi connectivity index (χ3n) is 3.44. The van der Waals surface area contributed by atoms with E-state index in [0.29, 0.717) is 6.61 Å². The summed E-state index contributed by atoms with van der Waals surface area (Å²) in [6.45, 7) is 2.64. The predicted molar refractivity (Wildman–Crippen MR) is 85.9 cm³/mol. The minimum absolute atomic E-state index is 0.122. The molecule has 0 heterocycles. The summed E-state index contributed by atoms with van der Waals surface area (Å²) in [5.41, 5.74) is 8.62. The van der Waals surface area contributed by atoms with Crippen LogP contribution in [0, 0.1) is 0 Å². The Labute approximate surface area is 126 Å². The monoisotopic (exact) mass is 285 g/mol. The highest BCUT2D eigenvalue weighted by Crippen LogP contribution is 2.19. The number of methoxy groups -OCH3 is 1. The molecule has 112 valence electrons. The third kappa shape index (κ3) is 4.50. The van der Waals surface area contributed by atoms with E-state index >= 15 is 0 Å². The first-order valence-corrected chi connectivity index (χ1v) is 7.34. The van der Waals surface area contributed by atoms with Crippen molar-refractivity contribution in [2.75, 3.05) is 13.7 Å². The highest BCUT2D eigenvalue weighted by atomic mass is 16.5. The van der Waals surface area contributed by atoms with E-state index < -0.39 is 0 Å². The maximum absolute atomic E-state index is 6.17. The number of ether oxygens (including phenoxy) is 2. The molecule has 0 amide bonds. The van der Waals surface area contributed by atoms with Crippen LogP contribution in [0.2, 0.25) is 0 Å². The molecule has 2 aromatic carbocycles. The quantitative estimate of drug-likeness (QED) is 0.843. The Bertz CT molecular complexity index is 534. The Balaban J connectivity index is 1.89. The van der Waals surface area contributed by atoms with E-state index in [4.69, 9.17) is 15.2 Å². The Kier molecular flexibility index (Phi) is 5.64. The van der Waals surface area contributed by atoms with Crippen LogP contribution in [-0.4, -0.2) is 13.7 Å². The normalized spacial score (nSPS) is 12.0. The van der Waals surface area contributed by atoms with Crippen molar-refractivity contribution in [1.29, 1.82) is 0 Å². The summed E-state index contributed by atoms with van der Waals surface area (Å²) in [5, 5.41) is 0. The standard InChI is InChI=1S/C18H23NO2/c1-3-4-14-5-7-15(8-6-14)18(19)13-21-17-11-9-16(20-2)10-12-17/h5-12,18H,3-4,13,19H2,1-2H3. The van der Waals surface area contributed by atoms with Crippen LogP contribution >= 0.6 is 0 Å². The topological polar surface area (TPSA) is 44.5 Å². The highest BCUT2D eigenvalue weighted by Gasteiger charge is 2.07. The summed E-state index contributed by atoms with van der Waals surface area (Å²) in [7, 11) is 1.65. The second-order valence-electron chi connectivity index (χ2n) is 5.08. The van der Waals surface area contributed by atoms with E-state index in [9.17, 15) is 0 Å². The highest BCUT2D eigenvalue weighted by molar-refractivity contribution is 5.31. The predicted octanol–water partition coefficient (Wildman–Crippen LogP) is 3.73. The van der Waals surface area contributed by atoms with E-state index in [2.05, 4.69) is 31.2 Å². The maximum atomic E-state index is 6.17. The van der Waals surface area contributed by atoms with E-state index in [1.54, 1.807) is 7.11 Å². The van der Waals surface area contributed by atoms with E-state index in [0.717, 1.165) is 29.9 Å². The van der Waals surface area contributed by atoms with Gasteiger partial charge in [-0.3, -0.25) is 0 Å². The zero-order valence-corrected chi connectivity index (χ0v) is 12.7. The molecule has 1 unspecified atom stereocenters. The molecule has 3 heteroatoms. The van der Waals surface area contributed by atoms with Crippen LogP contribution in [0.5, 0.6) is 11.5 Å². The van der Waals surface area contributed by atoms with Gasteiger partial charge in [-0.05, 0) is 41.8 Å². The molecular formula is C18H23NO2. The molecule has 2 aromatic rings. The fraction of sp³-hybridized carbons (Fsp3) is 0.333. The van der Waals surface area contributed by atoms with Gasteiger partial charge in [0.25, 0.3) is 0 Å². The lowest BCUT2D eigenvalue weighted by Crippen LogP contribution is -2.18. The lowest BCUT2D eigenvalue weighted by atomic mass is 10.0. The van der Waals surface area contributed by atoms with Crippen molar-refractivity contribution in [2.24, 2.45) is 5.73 Å². The molecular weight excluding hydrogens is 262 g/mol. The molecule has 0 aliphatic carbocycles. The van der Waals surface area contributed by atoms with Crippen LogP contribution in [0.25, 0.3) is 0 Å². The van der Waals surface area contributed by atoms with E-state index in [1.807, 2.05) is 24.3 Å². The summed E-state index contributed by atoms with van der Waals surface area (Å²) >= 11 is 0. The number of benzene rings is 2. The summed E-state index contributed by atoms with van der Waals surface area (Å²) in [6.07, 6.45) is 2.27. The molecule has 0 radical (unpaired) electrons. The Morgan fingerprint density at radius 2 is 1.57 bits per heavy atom. The average molecular weight is 285 g/mol. The third-order valence-corrected chi connectivity index (χ3v) is 3.44. The van der Waals surface area contributed by atoms with Gasteiger partial charge < -0.3 is 15.2 Å². The minimum Gasteiger partial charge on any atom is -0.497 e. The molecule has 0 aliphatic heterocycles. The van der Waals surface area contributed by atoms with Crippen molar-refractivity contribution in [1.82, 2.24) is 0 Å². The molecule has 3 nitrogen and oxygen atoms in total. The average Bonchev–Trinajstić information content (AvgIpc) is 2.54. The fourth-order valence-corrected chi connectivity index (χ4v) is 2.17. The number of hydrogen-bond donors (Lipinski definition) is 1. The van der Waals surface area contributed by atoms with Crippen molar-refractivity contribution in [2.45, 2.75) is 25.8 Å². The van der Waals surface area contributed by atoms with Gasteiger partial charge in [-0.2, -0.15) is 0 Å². The molecule has 0 fully saturated rings. The first-order chi connectivity index (χ1) is 10.2. The van der Waals surface area contributed by atoms with Gasteiger partial charge in [0.05, 0.1) is 13.2 Å². The number of nitrogens with two attached hydrogens (primary N) is 1. The van der Waals surface area contributed by atoms with Gasteiger partial charge in [0.1, 0.15) is 18.1 Å². The van der Waals surface area contributed by atoms with Gasteiger partial charge in [-0.1, -0.05) is 37.6 Å². The van der Waals surface area contributed by atoms with Gasteiger partial charge in [0, 0.05) is 0 Å². The Morgan fingerprint density at radius 1 is 0.952 bits per heavy atom. The molecule has 0 bridgehead atoms. The van der Waals surface area contributed by atoms with Crippen molar-refractivity contribution in [3.63, 3.8) is 0 Å². The molecule has 21 heavy (non-hydrogen) atoms. The molecule has 1 atom stereocenters. The summed E-state index contributed by atoms with van der Waals surface area (Å²) < 4.78 is 10.8. The van der Waals surface area contributed by atoms with Crippen molar-refractivity contribution < 1.29 is 9.47 Å².